The largest absolute Gasteiger partial charge is 0.493 e. The molecule has 6 nitrogen and oxygen atoms in total. The summed E-state index contributed by atoms with van der Waals surface area (Å²) in [6.07, 6.45) is 3.65. The zero-order valence-electron chi connectivity index (χ0n) is 14.6. The number of piperidine rings is 1. The minimum atomic E-state index is 0.498. The fourth-order valence-corrected chi connectivity index (χ4v) is 3.47. The van der Waals surface area contributed by atoms with Gasteiger partial charge in [0.1, 0.15) is 17.7 Å². The van der Waals surface area contributed by atoms with Gasteiger partial charge >= 0.3 is 0 Å². The highest BCUT2D eigenvalue weighted by Gasteiger charge is 2.22. The first kappa shape index (κ1) is 18.9. The Morgan fingerprint density at radius 2 is 2.04 bits per heavy atom. The molecule has 140 valence electrons. The number of aromatic nitrogens is 1. The van der Waals surface area contributed by atoms with Crippen LogP contribution in [-0.2, 0) is 6.54 Å². The number of likely N-dealkylation sites (tertiary alicyclic amines) is 1. The highest BCUT2D eigenvalue weighted by atomic mass is 35.5. The second-order valence-corrected chi connectivity index (χ2v) is 7.11. The van der Waals surface area contributed by atoms with E-state index in [1.54, 1.807) is 31.5 Å². The van der Waals surface area contributed by atoms with E-state index in [2.05, 4.69) is 20.4 Å². The van der Waals surface area contributed by atoms with Gasteiger partial charge in [0, 0.05) is 36.2 Å². The number of halogens is 2. The number of nitrogens with one attached hydrogen (secondary N) is 1. The van der Waals surface area contributed by atoms with Crippen molar-refractivity contribution in [1.29, 1.82) is 0 Å². The minimum absolute atomic E-state index is 0.498. The van der Waals surface area contributed by atoms with Gasteiger partial charge in [-0.2, -0.15) is 0 Å². The fraction of sp³-hybridized carbons (Fsp3) is 0.444. The van der Waals surface area contributed by atoms with Crippen LogP contribution in [0.4, 0.5) is 0 Å². The van der Waals surface area contributed by atoms with Gasteiger partial charge in [0.25, 0.3) is 0 Å². The van der Waals surface area contributed by atoms with Gasteiger partial charge in [0.05, 0.1) is 13.2 Å². The molecule has 2 aromatic rings. The summed E-state index contributed by atoms with van der Waals surface area (Å²) < 4.78 is 10.7. The number of nitrogens with zero attached hydrogens (tertiary/aromatic N) is 3. The first-order chi connectivity index (χ1) is 12.6. The molecule has 1 aliphatic rings. The number of rotatable bonds is 5. The van der Waals surface area contributed by atoms with E-state index >= 15 is 0 Å². The van der Waals surface area contributed by atoms with Crippen LogP contribution in [0.5, 0.6) is 5.75 Å². The maximum Gasteiger partial charge on any atom is 0.193 e. The zero-order chi connectivity index (χ0) is 18.4. The van der Waals surface area contributed by atoms with Crippen molar-refractivity contribution in [2.24, 2.45) is 10.9 Å². The molecular weight excluding hydrogens is 375 g/mol. The molecule has 0 bridgehead atoms. The Kier molecular flexibility index (Phi) is 6.63. The monoisotopic (exact) mass is 396 g/mol. The SMILES string of the molecule is CN=C(NCc1ccon1)N1CCC(COc2cc(Cl)cc(Cl)c2)CC1. The van der Waals surface area contributed by atoms with Crippen LogP contribution in [0.25, 0.3) is 0 Å². The Balaban J connectivity index is 1.44. The lowest BCUT2D eigenvalue weighted by Crippen LogP contribution is -2.46. The molecule has 26 heavy (non-hydrogen) atoms. The smallest absolute Gasteiger partial charge is 0.193 e. The van der Waals surface area contributed by atoms with Crippen molar-refractivity contribution >= 4 is 29.2 Å². The first-order valence-electron chi connectivity index (χ1n) is 8.58. The van der Waals surface area contributed by atoms with Gasteiger partial charge in [0.2, 0.25) is 0 Å². The van der Waals surface area contributed by atoms with Gasteiger partial charge in [-0.15, -0.1) is 0 Å². The van der Waals surface area contributed by atoms with E-state index in [1.165, 1.54) is 0 Å². The third-order valence-corrected chi connectivity index (χ3v) is 4.80. The van der Waals surface area contributed by atoms with Crippen LogP contribution in [0.15, 0.2) is 40.0 Å². The summed E-state index contributed by atoms with van der Waals surface area (Å²) in [6.45, 7) is 3.13. The molecule has 2 heterocycles. The molecule has 3 rings (SSSR count). The van der Waals surface area contributed by atoms with Crippen molar-refractivity contribution in [2.75, 3.05) is 26.7 Å². The highest BCUT2D eigenvalue weighted by Crippen LogP contribution is 2.26. The number of hydrogen-bond donors (Lipinski definition) is 1. The summed E-state index contributed by atoms with van der Waals surface area (Å²) in [5.41, 5.74) is 0.856. The molecule has 1 saturated heterocycles. The standard InChI is InChI=1S/C18H22Cl2N4O2/c1-21-18(22-11-16-4-7-26-23-16)24-5-2-13(3-6-24)12-25-17-9-14(19)8-15(20)10-17/h4,7-10,13H,2-3,5-6,11-12H2,1H3,(H,21,22). The molecule has 0 unspecified atom stereocenters. The first-order valence-corrected chi connectivity index (χ1v) is 9.33. The van der Waals surface area contributed by atoms with Gasteiger partial charge in [-0.3, -0.25) is 4.99 Å². The predicted octanol–water partition coefficient (Wildman–Crippen LogP) is 3.85. The topological polar surface area (TPSA) is 62.9 Å². The Morgan fingerprint density at radius 3 is 2.65 bits per heavy atom. The number of guanidine groups is 1. The third-order valence-electron chi connectivity index (χ3n) is 4.37. The van der Waals surface area contributed by atoms with Gasteiger partial charge in [-0.1, -0.05) is 28.4 Å². The molecule has 1 fully saturated rings. The molecule has 0 amide bonds. The normalized spacial score (nSPS) is 16.0. The summed E-state index contributed by atoms with van der Waals surface area (Å²) in [7, 11) is 1.79. The molecule has 0 atom stereocenters. The lowest BCUT2D eigenvalue weighted by molar-refractivity contribution is 0.179. The van der Waals surface area contributed by atoms with Crippen LogP contribution >= 0.6 is 23.2 Å². The fourth-order valence-electron chi connectivity index (χ4n) is 2.97. The number of benzene rings is 1. The van der Waals surface area contributed by atoms with Gasteiger partial charge in [-0.25, -0.2) is 0 Å². The molecule has 1 N–H and O–H groups in total. The van der Waals surface area contributed by atoms with Crippen LogP contribution < -0.4 is 10.1 Å². The lowest BCUT2D eigenvalue weighted by Gasteiger charge is -2.34. The van der Waals surface area contributed by atoms with E-state index in [1.807, 2.05) is 6.07 Å². The third kappa shape index (κ3) is 5.29. The summed E-state index contributed by atoms with van der Waals surface area (Å²) in [5.74, 6) is 2.10. The van der Waals surface area contributed by atoms with Gasteiger partial charge in [0.15, 0.2) is 5.96 Å². The number of ether oxygens (including phenoxy) is 1. The lowest BCUT2D eigenvalue weighted by atomic mass is 9.98. The van der Waals surface area contributed by atoms with Crippen molar-refractivity contribution in [3.8, 4) is 5.75 Å². The number of aliphatic imine (C=N–C) groups is 1. The zero-order valence-corrected chi connectivity index (χ0v) is 16.1. The average Bonchev–Trinajstić information content (AvgIpc) is 3.14. The Bertz CT molecular complexity index is 709. The summed E-state index contributed by atoms with van der Waals surface area (Å²) in [5, 5.41) is 8.39. The van der Waals surface area contributed by atoms with E-state index in [9.17, 15) is 0 Å². The van der Waals surface area contributed by atoms with E-state index in [4.69, 9.17) is 32.5 Å². The summed E-state index contributed by atoms with van der Waals surface area (Å²) >= 11 is 12.0. The Labute approximate surface area is 163 Å². The van der Waals surface area contributed by atoms with Crippen LogP contribution in [0, 0.1) is 5.92 Å². The van der Waals surface area contributed by atoms with Crippen LogP contribution in [0.3, 0.4) is 0 Å². The molecule has 1 aromatic heterocycles. The maximum atomic E-state index is 6.01. The Morgan fingerprint density at radius 1 is 1.31 bits per heavy atom. The van der Waals surface area contributed by atoms with Gasteiger partial charge < -0.3 is 19.5 Å². The average molecular weight is 397 g/mol. The van der Waals surface area contributed by atoms with Crippen molar-refractivity contribution < 1.29 is 9.26 Å². The molecule has 1 aliphatic heterocycles. The minimum Gasteiger partial charge on any atom is -0.493 e. The van der Waals surface area contributed by atoms with Crippen molar-refractivity contribution in [1.82, 2.24) is 15.4 Å². The summed E-state index contributed by atoms with van der Waals surface area (Å²) in [4.78, 5) is 6.62. The summed E-state index contributed by atoms with van der Waals surface area (Å²) in [6, 6.07) is 7.12. The predicted molar refractivity (Wildman–Crippen MR) is 103 cm³/mol. The second-order valence-electron chi connectivity index (χ2n) is 6.24. The maximum absolute atomic E-state index is 6.01. The van der Waals surface area contributed by atoms with Crippen LogP contribution in [0.2, 0.25) is 10.0 Å². The molecule has 0 saturated carbocycles. The van der Waals surface area contributed by atoms with Gasteiger partial charge in [-0.05, 0) is 37.0 Å². The quantitative estimate of drug-likeness (QED) is 0.614. The van der Waals surface area contributed by atoms with Crippen LogP contribution in [0.1, 0.15) is 18.5 Å². The van der Waals surface area contributed by atoms with Crippen LogP contribution in [-0.4, -0.2) is 42.8 Å². The number of hydrogen-bond acceptors (Lipinski definition) is 4. The van der Waals surface area contributed by atoms with E-state index in [0.717, 1.165) is 43.3 Å². The van der Waals surface area contributed by atoms with E-state index < -0.39 is 0 Å². The van der Waals surface area contributed by atoms with E-state index in [-0.39, 0.29) is 0 Å². The highest BCUT2D eigenvalue weighted by molar-refractivity contribution is 6.34. The molecule has 8 heteroatoms. The molecule has 1 aromatic carbocycles. The van der Waals surface area contributed by atoms with E-state index in [0.29, 0.717) is 29.1 Å². The second kappa shape index (κ2) is 9.14. The molecular formula is C18H22Cl2N4O2. The van der Waals surface area contributed by atoms with Crippen molar-refractivity contribution in [3.63, 3.8) is 0 Å². The molecule has 0 aliphatic carbocycles. The molecule has 0 spiro atoms. The van der Waals surface area contributed by atoms with Crippen molar-refractivity contribution in [2.45, 2.75) is 19.4 Å². The molecule has 0 radical (unpaired) electrons. The van der Waals surface area contributed by atoms with Crippen molar-refractivity contribution in [3.05, 3.63) is 46.3 Å². The Hall–Kier alpha value is -1.92.